The number of carbonyl (C=O) groups excluding carboxylic acids is 1. The molecule has 34 heavy (non-hydrogen) atoms. The number of hydrogen-bond acceptors (Lipinski definition) is 6. The quantitative estimate of drug-likeness (QED) is 0.611. The highest BCUT2D eigenvalue weighted by Crippen LogP contribution is 2.43. The number of halogens is 1. The van der Waals surface area contributed by atoms with E-state index in [0.29, 0.717) is 41.6 Å². The van der Waals surface area contributed by atoms with E-state index in [4.69, 9.17) is 0 Å². The van der Waals surface area contributed by atoms with Gasteiger partial charge in [-0.2, -0.15) is 4.99 Å². The fraction of sp³-hybridized carbons (Fsp3) is 0.542. The minimum absolute atomic E-state index is 0.245. The van der Waals surface area contributed by atoms with Gasteiger partial charge in [-0.1, -0.05) is 32.0 Å². The Morgan fingerprint density at radius 2 is 2.09 bits per heavy atom. The molecule has 10 heteroatoms. The van der Waals surface area contributed by atoms with Gasteiger partial charge in [-0.15, -0.1) is 0 Å². The molecule has 0 bridgehead atoms. The van der Waals surface area contributed by atoms with Gasteiger partial charge in [0.2, 0.25) is 0 Å². The lowest BCUT2D eigenvalue weighted by molar-refractivity contribution is -0.113. The summed E-state index contributed by atoms with van der Waals surface area (Å²) < 4.78 is 15.1. The summed E-state index contributed by atoms with van der Waals surface area (Å²) in [6, 6.07) is 6.17. The van der Waals surface area contributed by atoms with E-state index in [-0.39, 0.29) is 18.3 Å². The molecule has 2 fully saturated rings. The van der Waals surface area contributed by atoms with Gasteiger partial charge in [0.15, 0.2) is 5.17 Å². The Hall–Kier alpha value is -2.43. The Bertz CT molecular complexity index is 993. The maximum absolute atomic E-state index is 15.1. The molecule has 3 aliphatic heterocycles. The average Bonchev–Trinajstić information content (AvgIpc) is 3.20. The lowest BCUT2D eigenvalue weighted by atomic mass is 9.75. The van der Waals surface area contributed by atoms with Crippen LogP contribution in [0.25, 0.3) is 0 Å². The summed E-state index contributed by atoms with van der Waals surface area (Å²) in [6.45, 7) is 7.31. The minimum atomic E-state index is -1.04. The van der Waals surface area contributed by atoms with Crippen LogP contribution < -0.4 is 5.43 Å². The highest BCUT2D eigenvalue weighted by Gasteiger charge is 2.47. The third-order valence-electron chi connectivity index (χ3n) is 7.00. The number of carboxylic acid groups (broad SMARTS) is 1. The molecule has 3 aliphatic rings. The monoisotopic (exact) mass is 489 g/mol. The van der Waals surface area contributed by atoms with Gasteiger partial charge in [-0.05, 0) is 62.7 Å². The first kappa shape index (κ1) is 24.7. The molecule has 0 aliphatic carbocycles. The van der Waals surface area contributed by atoms with Crippen LogP contribution in [0.4, 0.5) is 9.18 Å². The average molecular weight is 490 g/mol. The fourth-order valence-corrected chi connectivity index (χ4v) is 6.29. The van der Waals surface area contributed by atoms with Crippen LogP contribution in [0.5, 0.6) is 0 Å². The SMILES string of the molecule is CCN(CC)C1(c2ccccc2F)CCN(C(=O)O)C(/C=C2/SC(N3CCCCN3)=NC2=O)C1. The molecule has 0 radical (unpaired) electrons. The van der Waals surface area contributed by atoms with E-state index < -0.39 is 17.7 Å². The molecule has 184 valence electrons. The third-order valence-corrected chi connectivity index (χ3v) is 8.02. The number of nitrogens with zero attached hydrogens (tertiary/aromatic N) is 4. The van der Waals surface area contributed by atoms with Gasteiger partial charge in [-0.25, -0.2) is 14.6 Å². The lowest BCUT2D eigenvalue weighted by Crippen LogP contribution is -2.57. The molecule has 3 heterocycles. The van der Waals surface area contributed by atoms with Crippen LogP contribution in [0.3, 0.4) is 0 Å². The second kappa shape index (κ2) is 10.5. The Kier molecular flexibility index (Phi) is 7.59. The molecular formula is C24H32FN5O3S. The fourth-order valence-electron chi connectivity index (χ4n) is 5.34. The van der Waals surface area contributed by atoms with Crippen LogP contribution in [0.15, 0.2) is 40.2 Å². The van der Waals surface area contributed by atoms with Crippen LogP contribution >= 0.6 is 11.8 Å². The normalized spacial score (nSPS) is 26.9. The van der Waals surface area contributed by atoms with Crippen molar-refractivity contribution in [3.05, 3.63) is 46.6 Å². The summed E-state index contributed by atoms with van der Waals surface area (Å²) in [5.74, 6) is -0.652. The number of carbonyl (C=O) groups is 2. The molecule has 2 unspecified atom stereocenters. The highest BCUT2D eigenvalue weighted by atomic mass is 32.2. The van der Waals surface area contributed by atoms with Gasteiger partial charge < -0.3 is 10.0 Å². The predicted octanol–water partition coefficient (Wildman–Crippen LogP) is 3.62. The van der Waals surface area contributed by atoms with Crippen LogP contribution in [-0.2, 0) is 10.3 Å². The van der Waals surface area contributed by atoms with Crippen LogP contribution in [0, 0.1) is 5.82 Å². The highest BCUT2D eigenvalue weighted by molar-refractivity contribution is 8.18. The molecule has 2 saturated heterocycles. The zero-order valence-corrected chi connectivity index (χ0v) is 20.5. The van der Waals surface area contributed by atoms with Gasteiger partial charge >= 0.3 is 6.09 Å². The number of amidine groups is 1. The largest absolute Gasteiger partial charge is 0.465 e. The van der Waals surface area contributed by atoms with E-state index in [1.807, 2.05) is 24.9 Å². The number of piperidine rings is 1. The van der Waals surface area contributed by atoms with E-state index in [9.17, 15) is 14.7 Å². The first-order chi connectivity index (χ1) is 16.4. The van der Waals surface area contributed by atoms with Crippen molar-refractivity contribution in [2.24, 2.45) is 4.99 Å². The van der Waals surface area contributed by atoms with Gasteiger partial charge in [0.25, 0.3) is 5.91 Å². The minimum Gasteiger partial charge on any atom is -0.465 e. The van der Waals surface area contributed by atoms with E-state index in [1.54, 1.807) is 18.2 Å². The summed E-state index contributed by atoms with van der Waals surface area (Å²) >= 11 is 1.27. The number of aliphatic imine (C=N–C) groups is 1. The summed E-state index contributed by atoms with van der Waals surface area (Å²) in [6.07, 6.45) is 3.60. The summed E-state index contributed by atoms with van der Waals surface area (Å²) in [5, 5.41) is 12.4. The molecule has 1 aromatic carbocycles. The van der Waals surface area contributed by atoms with Crippen molar-refractivity contribution in [2.45, 2.75) is 51.1 Å². The number of amides is 2. The number of rotatable bonds is 5. The Labute approximate surface area is 203 Å². The van der Waals surface area contributed by atoms with Crippen molar-refractivity contribution < 1.29 is 19.1 Å². The predicted molar refractivity (Wildman–Crippen MR) is 131 cm³/mol. The zero-order valence-electron chi connectivity index (χ0n) is 19.7. The Morgan fingerprint density at radius 3 is 2.74 bits per heavy atom. The molecule has 4 rings (SSSR count). The van der Waals surface area contributed by atoms with Crippen molar-refractivity contribution in [2.75, 3.05) is 32.7 Å². The van der Waals surface area contributed by atoms with E-state index in [2.05, 4.69) is 15.3 Å². The van der Waals surface area contributed by atoms with Gasteiger partial charge in [0, 0.05) is 25.2 Å². The molecular weight excluding hydrogens is 457 g/mol. The molecule has 0 aromatic heterocycles. The number of likely N-dealkylation sites (tertiary alicyclic amines) is 1. The molecule has 8 nitrogen and oxygen atoms in total. The van der Waals surface area contributed by atoms with E-state index in [1.165, 1.54) is 22.7 Å². The Balaban J connectivity index is 1.68. The first-order valence-electron chi connectivity index (χ1n) is 11.9. The van der Waals surface area contributed by atoms with Crippen LogP contribution in [0.1, 0.15) is 45.1 Å². The molecule has 0 spiro atoms. The van der Waals surface area contributed by atoms with Gasteiger partial charge in [0.1, 0.15) is 5.82 Å². The summed E-state index contributed by atoms with van der Waals surface area (Å²) in [5.41, 5.74) is 3.16. The van der Waals surface area contributed by atoms with E-state index in [0.717, 1.165) is 25.9 Å². The second-order valence-electron chi connectivity index (χ2n) is 8.78. The van der Waals surface area contributed by atoms with Crippen molar-refractivity contribution in [1.82, 2.24) is 20.2 Å². The number of hydrogen-bond donors (Lipinski definition) is 2. The van der Waals surface area contributed by atoms with Gasteiger partial charge in [0.05, 0.1) is 16.5 Å². The molecule has 2 N–H and O–H groups in total. The number of thioether (sulfide) groups is 1. The maximum Gasteiger partial charge on any atom is 0.407 e. The van der Waals surface area contributed by atoms with Crippen LogP contribution in [-0.4, -0.2) is 75.8 Å². The second-order valence-corrected chi connectivity index (χ2v) is 9.79. The number of nitrogens with one attached hydrogen (secondary N) is 1. The summed E-state index contributed by atoms with van der Waals surface area (Å²) in [4.78, 5) is 33.1. The third kappa shape index (κ3) is 4.71. The first-order valence-corrected chi connectivity index (χ1v) is 12.7. The molecule has 1 aromatic rings. The molecule has 2 amide bonds. The topological polar surface area (TPSA) is 88.5 Å². The Morgan fingerprint density at radius 1 is 1.32 bits per heavy atom. The lowest BCUT2D eigenvalue weighted by Gasteiger charge is -2.51. The number of benzene rings is 1. The van der Waals surface area contributed by atoms with Gasteiger partial charge in [-0.3, -0.25) is 14.7 Å². The molecule has 2 atom stereocenters. The maximum atomic E-state index is 15.1. The smallest absolute Gasteiger partial charge is 0.407 e. The van der Waals surface area contributed by atoms with Crippen molar-refractivity contribution in [3.8, 4) is 0 Å². The molecule has 0 saturated carbocycles. The number of hydrazine groups is 1. The van der Waals surface area contributed by atoms with E-state index >= 15 is 4.39 Å². The van der Waals surface area contributed by atoms with Crippen molar-refractivity contribution in [1.29, 1.82) is 0 Å². The zero-order chi connectivity index (χ0) is 24.3. The van der Waals surface area contributed by atoms with Crippen molar-refractivity contribution >= 4 is 28.9 Å². The summed E-state index contributed by atoms with van der Waals surface area (Å²) in [7, 11) is 0. The van der Waals surface area contributed by atoms with Crippen LogP contribution in [0.2, 0.25) is 0 Å². The van der Waals surface area contributed by atoms with Crippen molar-refractivity contribution in [3.63, 3.8) is 0 Å². The standard InChI is InChI=1S/C24H32FN5O3S/c1-3-28(4-2)24(18-9-5-6-10-19(18)25)11-14-29(23(32)33)17(16-24)15-20-21(31)27-22(34-20)30-13-8-7-12-26-30/h5-6,9-10,15,17,26H,3-4,7-8,11-14,16H2,1-2H3,(H,32,33)/b20-15+.